The Labute approximate surface area is 166 Å². The maximum Gasteiger partial charge on any atom is 0.291 e. The first-order chi connectivity index (χ1) is 13.0. The highest BCUT2D eigenvalue weighted by Gasteiger charge is 2.17. The Kier molecular flexibility index (Phi) is 4.55. The molecule has 2 aromatic heterocycles. The van der Waals surface area contributed by atoms with E-state index in [0.29, 0.717) is 32.0 Å². The van der Waals surface area contributed by atoms with Gasteiger partial charge in [-0.25, -0.2) is 4.98 Å². The van der Waals surface area contributed by atoms with Crippen molar-refractivity contribution in [2.24, 2.45) is 0 Å². The molecular weight excluding hydrogens is 434 g/mol. The summed E-state index contributed by atoms with van der Waals surface area (Å²) in [4.78, 5) is 32.2. The molecule has 0 aliphatic rings. The molecular formula is C19H11BrClN3O3. The lowest BCUT2D eigenvalue weighted by Crippen LogP contribution is -2.15. The van der Waals surface area contributed by atoms with Gasteiger partial charge in [0, 0.05) is 10.6 Å². The van der Waals surface area contributed by atoms with Crippen LogP contribution in [-0.2, 0) is 0 Å². The summed E-state index contributed by atoms with van der Waals surface area (Å²) in [6.07, 6.45) is 0. The summed E-state index contributed by atoms with van der Waals surface area (Å²) >= 11 is 9.28. The van der Waals surface area contributed by atoms with E-state index in [-0.39, 0.29) is 17.0 Å². The van der Waals surface area contributed by atoms with Crippen LogP contribution in [0.25, 0.3) is 22.3 Å². The molecule has 0 aliphatic heterocycles. The number of anilines is 1. The topological polar surface area (TPSA) is 88.0 Å². The van der Waals surface area contributed by atoms with Crippen LogP contribution in [0, 0.1) is 0 Å². The summed E-state index contributed by atoms with van der Waals surface area (Å²) in [6.45, 7) is 0. The van der Waals surface area contributed by atoms with Crippen molar-refractivity contribution in [3.63, 3.8) is 0 Å². The van der Waals surface area contributed by atoms with E-state index < -0.39 is 5.91 Å². The molecule has 4 rings (SSSR count). The van der Waals surface area contributed by atoms with E-state index in [2.05, 4.69) is 31.2 Å². The van der Waals surface area contributed by atoms with Crippen LogP contribution in [0.2, 0.25) is 5.02 Å². The van der Waals surface area contributed by atoms with E-state index in [0.717, 1.165) is 0 Å². The van der Waals surface area contributed by atoms with Gasteiger partial charge in [-0.15, -0.1) is 0 Å². The molecule has 27 heavy (non-hydrogen) atoms. The van der Waals surface area contributed by atoms with Crippen molar-refractivity contribution >= 4 is 50.2 Å². The van der Waals surface area contributed by atoms with Crippen LogP contribution in [0.15, 0.2) is 68.5 Å². The number of aromatic nitrogens is 2. The van der Waals surface area contributed by atoms with Crippen molar-refractivity contribution in [3.05, 3.63) is 80.4 Å². The van der Waals surface area contributed by atoms with Gasteiger partial charge in [-0.05, 0) is 58.4 Å². The van der Waals surface area contributed by atoms with Crippen molar-refractivity contribution in [1.29, 1.82) is 0 Å². The van der Waals surface area contributed by atoms with Crippen LogP contribution in [0.5, 0.6) is 0 Å². The lowest BCUT2D eigenvalue weighted by Gasteiger charge is -2.11. The highest BCUT2D eigenvalue weighted by atomic mass is 79.9. The Morgan fingerprint density at radius 1 is 1.15 bits per heavy atom. The number of nitrogens with zero attached hydrogens (tertiary/aromatic N) is 1. The van der Waals surface area contributed by atoms with Crippen LogP contribution in [-0.4, -0.2) is 15.9 Å². The van der Waals surface area contributed by atoms with E-state index in [1.807, 2.05) is 12.1 Å². The molecule has 0 fully saturated rings. The number of carbonyl (C=O) groups excluding carboxylic acids is 1. The highest BCUT2D eigenvalue weighted by Crippen LogP contribution is 2.29. The van der Waals surface area contributed by atoms with E-state index in [9.17, 15) is 9.59 Å². The fraction of sp³-hybridized carbons (Fsp3) is 0. The maximum absolute atomic E-state index is 12.6. The van der Waals surface area contributed by atoms with Crippen LogP contribution < -0.4 is 10.9 Å². The van der Waals surface area contributed by atoms with E-state index in [1.165, 1.54) is 6.07 Å². The first kappa shape index (κ1) is 17.5. The molecule has 0 bridgehead atoms. The Bertz CT molecular complexity index is 1230. The second-order valence-corrected chi connectivity index (χ2v) is 6.90. The first-order valence-electron chi connectivity index (χ1n) is 7.87. The summed E-state index contributed by atoms with van der Waals surface area (Å²) in [7, 11) is 0. The van der Waals surface area contributed by atoms with Gasteiger partial charge in [-0.2, -0.15) is 0 Å². The molecule has 2 aromatic carbocycles. The molecule has 0 radical (unpaired) electrons. The highest BCUT2D eigenvalue weighted by molar-refractivity contribution is 9.10. The molecule has 8 heteroatoms. The Hall–Kier alpha value is -2.90. The van der Waals surface area contributed by atoms with Gasteiger partial charge in [0.05, 0.1) is 16.7 Å². The number of amides is 1. The van der Waals surface area contributed by atoms with Gasteiger partial charge < -0.3 is 14.7 Å². The van der Waals surface area contributed by atoms with Crippen LogP contribution >= 0.6 is 27.5 Å². The van der Waals surface area contributed by atoms with Crippen molar-refractivity contribution in [3.8, 4) is 11.3 Å². The van der Waals surface area contributed by atoms with Gasteiger partial charge in [-0.1, -0.05) is 23.7 Å². The number of aromatic amines is 1. The predicted octanol–water partition coefficient (Wildman–Crippen LogP) is 4.85. The van der Waals surface area contributed by atoms with Crippen LogP contribution in [0.1, 0.15) is 10.6 Å². The number of carbonyl (C=O) groups is 1. The Morgan fingerprint density at radius 2 is 1.96 bits per heavy atom. The number of halogens is 2. The molecule has 4 aromatic rings. The molecule has 0 saturated heterocycles. The average Bonchev–Trinajstić information content (AvgIpc) is 3.09. The van der Waals surface area contributed by atoms with Crippen molar-refractivity contribution < 1.29 is 9.21 Å². The zero-order chi connectivity index (χ0) is 19.0. The van der Waals surface area contributed by atoms with E-state index >= 15 is 0 Å². The predicted molar refractivity (Wildman–Crippen MR) is 107 cm³/mol. The summed E-state index contributed by atoms with van der Waals surface area (Å²) in [5, 5.41) is 3.15. The van der Waals surface area contributed by atoms with Crippen molar-refractivity contribution in [2.45, 2.75) is 0 Å². The van der Waals surface area contributed by atoms with Gasteiger partial charge in [0.2, 0.25) is 0 Å². The standard InChI is InChI=1S/C19H11BrClN3O3/c20-16-8-7-15(27-16)18(25)23-12-6-5-10(21)9-11(12)17-19(26)24-14-4-2-1-3-13(14)22-17/h1-9H,(H,23,25)(H,24,26). The smallest absolute Gasteiger partial charge is 0.291 e. The number of H-pyrrole nitrogens is 1. The third-order valence-electron chi connectivity index (χ3n) is 3.88. The maximum atomic E-state index is 12.6. The van der Waals surface area contributed by atoms with Gasteiger partial charge >= 0.3 is 0 Å². The second kappa shape index (κ2) is 7.02. The number of fused-ring (bicyclic) bond motifs is 1. The van der Waals surface area contributed by atoms with Gasteiger partial charge in [0.1, 0.15) is 5.69 Å². The van der Waals surface area contributed by atoms with Crippen LogP contribution in [0.4, 0.5) is 5.69 Å². The summed E-state index contributed by atoms with van der Waals surface area (Å²) in [5.41, 5.74) is 1.83. The zero-order valence-corrected chi connectivity index (χ0v) is 16.0. The minimum absolute atomic E-state index is 0.128. The monoisotopic (exact) mass is 443 g/mol. The van der Waals surface area contributed by atoms with E-state index in [1.54, 1.807) is 36.4 Å². The molecule has 134 valence electrons. The molecule has 1 amide bonds. The molecule has 0 unspecified atom stereocenters. The zero-order valence-electron chi connectivity index (χ0n) is 13.6. The number of rotatable bonds is 3. The summed E-state index contributed by atoms with van der Waals surface area (Å²) < 4.78 is 5.70. The molecule has 2 heterocycles. The third kappa shape index (κ3) is 3.51. The summed E-state index contributed by atoms with van der Waals surface area (Å²) in [6, 6.07) is 15.2. The fourth-order valence-electron chi connectivity index (χ4n) is 2.65. The van der Waals surface area contributed by atoms with Gasteiger partial charge in [0.25, 0.3) is 11.5 Å². The molecule has 2 N–H and O–H groups in total. The number of benzene rings is 2. The Morgan fingerprint density at radius 3 is 2.74 bits per heavy atom. The normalized spacial score (nSPS) is 10.9. The number of hydrogen-bond acceptors (Lipinski definition) is 4. The molecule has 0 aliphatic carbocycles. The summed E-state index contributed by atoms with van der Waals surface area (Å²) in [5.74, 6) is -0.329. The van der Waals surface area contributed by atoms with Gasteiger partial charge in [-0.3, -0.25) is 9.59 Å². The Balaban J connectivity index is 1.81. The van der Waals surface area contributed by atoms with Crippen molar-refractivity contribution in [1.82, 2.24) is 9.97 Å². The lowest BCUT2D eigenvalue weighted by molar-refractivity contribution is 0.0995. The first-order valence-corrected chi connectivity index (χ1v) is 9.04. The van der Waals surface area contributed by atoms with E-state index in [4.69, 9.17) is 16.0 Å². The van der Waals surface area contributed by atoms with Crippen molar-refractivity contribution in [2.75, 3.05) is 5.32 Å². The molecule has 0 saturated carbocycles. The molecule has 0 atom stereocenters. The molecule has 0 spiro atoms. The SMILES string of the molecule is O=C(Nc1ccc(Cl)cc1-c1nc2ccccc2[nH]c1=O)c1ccc(Br)o1. The minimum Gasteiger partial charge on any atom is -0.444 e. The average molecular weight is 445 g/mol. The second-order valence-electron chi connectivity index (χ2n) is 5.68. The fourth-order valence-corrected chi connectivity index (χ4v) is 3.13. The minimum atomic E-state index is -0.457. The largest absolute Gasteiger partial charge is 0.444 e. The van der Waals surface area contributed by atoms with Crippen LogP contribution in [0.3, 0.4) is 0 Å². The number of hydrogen-bond donors (Lipinski definition) is 2. The molecule has 6 nitrogen and oxygen atoms in total. The number of nitrogens with one attached hydrogen (secondary N) is 2. The lowest BCUT2D eigenvalue weighted by atomic mass is 10.1. The third-order valence-corrected chi connectivity index (χ3v) is 4.54. The number of para-hydroxylation sites is 2. The number of furan rings is 1. The quantitative estimate of drug-likeness (QED) is 0.473. The van der Waals surface area contributed by atoms with Gasteiger partial charge in [0.15, 0.2) is 10.4 Å².